The van der Waals surface area contributed by atoms with Gasteiger partial charge in [-0.2, -0.15) is 0 Å². The maximum Gasteiger partial charge on any atom is 0.167 e. The van der Waals surface area contributed by atoms with Gasteiger partial charge in [-0.3, -0.25) is 0 Å². The van der Waals surface area contributed by atoms with Gasteiger partial charge in [-0.05, 0) is 46.5 Å². The van der Waals surface area contributed by atoms with Crippen LogP contribution in [0, 0.1) is 0 Å². The van der Waals surface area contributed by atoms with Crippen LogP contribution in [0.15, 0.2) is 168 Å². The molecule has 2 aromatic heterocycles. The zero-order valence-corrected chi connectivity index (χ0v) is 26.9. The van der Waals surface area contributed by atoms with E-state index in [1.807, 2.05) is 78.9 Å². The van der Waals surface area contributed by atoms with Crippen LogP contribution in [0.4, 0.5) is 0 Å². The molecule has 1 aliphatic carbocycles. The average molecular weight is 644 g/mol. The lowest BCUT2D eigenvalue weighted by Crippen LogP contribution is -2.17. The summed E-state index contributed by atoms with van der Waals surface area (Å²) in [4.78, 5) is 15.3. The van der Waals surface area contributed by atoms with E-state index >= 15 is 0 Å². The molecule has 0 radical (unpaired) electrons. The molecule has 8 aromatic rings. The van der Waals surface area contributed by atoms with Crippen LogP contribution >= 0.6 is 0 Å². The summed E-state index contributed by atoms with van der Waals surface area (Å²) in [7, 11) is 0. The van der Waals surface area contributed by atoms with Crippen molar-refractivity contribution in [3.8, 4) is 51.0 Å². The number of hydrogen-bond donors (Lipinski definition) is 0. The second kappa shape index (κ2) is 11.5. The monoisotopic (exact) mass is 643 g/mol. The standard InChI is InChI=1S/C45H29N3O2/c1-3-11-28(12-4-1)29-21-23-30(24-22-29)32-25-26-35-40(27-32)49-39-20-10-17-36(41(35)39)44-46-43(31-13-5-2-6-14-31)47-45(48-44)37-18-9-16-34-33-15-7-8-19-38(33)50-42(34)37/h1-27,35,40H. The van der Waals surface area contributed by atoms with E-state index in [0.717, 1.165) is 61.1 Å². The van der Waals surface area contributed by atoms with Crippen LogP contribution < -0.4 is 4.74 Å². The molecule has 0 spiro atoms. The smallest absolute Gasteiger partial charge is 0.167 e. The van der Waals surface area contributed by atoms with Gasteiger partial charge in [0.25, 0.3) is 0 Å². The molecule has 0 amide bonds. The van der Waals surface area contributed by atoms with Crippen LogP contribution in [0.2, 0.25) is 0 Å². The van der Waals surface area contributed by atoms with Gasteiger partial charge in [-0.25, -0.2) is 15.0 Å². The first-order valence-electron chi connectivity index (χ1n) is 16.8. The molecule has 2 unspecified atom stereocenters. The molecule has 6 aromatic carbocycles. The van der Waals surface area contributed by atoms with Gasteiger partial charge in [-0.1, -0.05) is 140 Å². The van der Waals surface area contributed by atoms with Crippen LogP contribution in [0.25, 0.3) is 72.8 Å². The van der Waals surface area contributed by atoms with Crippen molar-refractivity contribution in [1.29, 1.82) is 0 Å². The Morgan fingerprint density at radius 1 is 0.480 bits per heavy atom. The van der Waals surface area contributed by atoms with Gasteiger partial charge >= 0.3 is 0 Å². The summed E-state index contributed by atoms with van der Waals surface area (Å²) in [5.41, 5.74) is 10.1. The van der Waals surface area contributed by atoms with Crippen molar-refractivity contribution in [2.24, 2.45) is 0 Å². The number of furan rings is 1. The molecule has 3 heterocycles. The summed E-state index contributed by atoms with van der Waals surface area (Å²) >= 11 is 0. The minimum Gasteiger partial charge on any atom is -0.485 e. The first-order chi connectivity index (χ1) is 24.8. The fourth-order valence-corrected chi connectivity index (χ4v) is 7.29. The Kier molecular flexibility index (Phi) is 6.56. The molecule has 50 heavy (non-hydrogen) atoms. The highest BCUT2D eigenvalue weighted by Gasteiger charge is 2.36. The Balaban J connectivity index is 1.06. The number of ether oxygens (including phenoxy) is 1. The molecule has 0 saturated carbocycles. The van der Waals surface area contributed by atoms with Gasteiger partial charge in [0.15, 0.2) is 17.5 Å². The summed E-state index contributed by atoms with van der Waals surface area (Å²) in [5, 5.41) is 2.09. The average Bonchev–Trinajstić information content (AvgIpc) is 3.77. The second-order valence-electron chi connectivity index (χ2n) is 12.7. The molecule has 10 rings (SSSR count). The number of fused-ring (bicyclic) bond motifs is 6. The fraction of sp³-hybridized carbons (Fsp3) is 0.0444. The highest BCUT2D eigenvalue weighted by molar-refractivity contribution is 6.09. The Hall–Kier alpha value is -6.59. The normalized spacial score (nSPS) is 16.2. The third kappa shape index (κ3) is 4.74. The topological polar surface area (TPSA) is 61.0 Å². The number of allylic oxidation sites excluding steroid dienone is 2. The third-order valence-corrected chi connectivity index (χ3v) is 9.72. The van der Waals surface area contributed by atoms with Crippen molar-refractivity contribution >= 4 is 27.5 Å². The first-order valence-corrected chi connectivity index (χ1v) is 16.8. The number of aromatic nitrogens is 3. The fourth-order valence-electron chi connectivity index (χ4n) is 7.29. The highest BCUT2D eigenvalue weighted by atomic mass is 16.5. The van der Waals surface area contributed by atoms with E-state index in [1.165, 1.54) is 11.1 Å². The van der Waals surface area contributed by atoms with E-state index in [-0.39, 0.29) is 12.0 Å². The molecule has 5 nitrogen and oxygen atoms in total. The minimum absolute atomic E-state index is 0.0211. The number of rotatable bonds is 5. The maximum absolute atomic E-state index is 6.63. The molecular weight excluding hydrogens is 615 g/mol. The first kappa shape index (κ1) is 28.4. The number of benzene rings is 6. The van der Waals surface area contributed by atoms with E-state index in [4.69, 9.17) is 24.1 Å². The van der Waals surface area contributed by atoms with E-state index in [1.54, 1.807) is 0 Å². The van der Waals surface area contributed by atoms with E-state index < -0.39 is 0 Å². The van der Waals surface area contributed by atoms with Gasteiger partial charge in [0.2, 0.25) is 0 Å². The van der Waals surface area contributed by atoms with Crippen molar-refractivity contribution < 1.29 is 9.15 Å². The Bertz CT molecular complexity index is 2620. The molecule has 5 heteroatoms. The molecule has 2 atom stereocenters. The summed E-state index contributed by atoms with van der Waals surface area (Å²) in [6.45, 7) is 0. The molecule has 1 aliphatic heterocycles. The molecule has 0 N–H and O–H groups in total. The minimum atomic E-state index is -0.140. The van der Waals surface area contributed by atoms with Crippen molar-refractivity contribution in [2.45, 2.75) is 12.0 Å². The van der Waals surface area contributed by atoms with Crippen LogP contribution in [0.5, 0.6) is 5.75 Å². The zero-order valence-electron chi connectivity index (χ0n) is 26.9. The van der Waals surface area contributed by atoms with Crippen molar-refractivity contribution in [2.75, 3.05) is 0 Å². The number of nitrogens with zero attached hydrogens (tertiary/aromatic N) is 3. The quantitative estimate of drug-likeness (QED) is 0.187. The zero-order chi connectivity index (χ0) is 33.0. The van der Waals surface area contributed by atoms with Crippen LogP contribution in [0.1, 0.15) is 17.0 Å². The van der Waals surface area contributed by atoms with E-state index in [0.29, 0.717) is 17.5 Å². The molecule has 2 aliphatic rings. The maximum atomic E-state index is 6.63. The number of para-hydroxylation sites is 2. The van der Waals surface area contributed by atoms with Gasteiger partial charge in [-0.15, -0.1) is 0 Å². The highest BCUT2D eigenvalue weighted by Crippen LogP contribution is 2.47. The van der Waals surface area contributed by atoms with Gasteiger partial charge in [0, 0.05) is 33.4 Å². The van der Waals surface area contributed by atoms with E-state index in [2.05, 4.69) is 85.0 Å². The molecule has 0 saturated heterocycles. The third-order valence-electron chi connectivity index (χ3n) is 9.72. The molecule has 0 bridgehead atoms. The van der Waals surface area contributed by atoms with Crippen molar-refractivity contribution in [3.05, 3.63) is 175 Å². The van der Waals surface area contributed by atoms with Crippen LogP contribution in [-0.4, -0.2) is 21.1 Å². The van der Waals surface area contributed by atoms with Crippen LogP contribution in [0.3, 0.4) is 0 Å². The van der Waals surface area contributed by atoms with Crippen molar-refractivity contribution in [1.82, 2.24) is 15.0 Å². The lowest BCUT2D eigenvalue weighted by atomic mass is 9.85. The van der Waals surface area contributed by atoms with E-state index in [9.17, 15) is 0 Å². The summed E-state index contributed by atoms with van der Waals surface area (Å²) < 4.78 is 13.0. The predicted molar refractivity (Wildman–Crippen MR) is 200 cm³/mol. The summed E-state index contributed by atoms with van der Waals surface area (Å²) in [6.07, 6.45) is 6.57. The molecule has 0 fully saturated rings. The molecular formula is C45H29N3O2. The lowest BCUT2D eigenvalue weighted by Gasteiger charge is -2.20. The Morgan fingerprint density at radius 2 is 1.10 bits per heavy atom. The number of hydrogen-bond acceptors (Lipinski definition) is 5. The summed E-state index contributed by atoms with van der Waals surface area (Å²) in [5.74, 6) is 2.64. The molecule has 236 valence electrons. The lowest BCUT2D eigenvalue weighted by molar-refractivity contribution is 0.269. The van der Waals surface area contributed by atoms with Gasteiger partial charge < -0.3 is 9.15 Å². The van der Waals surface area contributed by atoms with Gasteiger partial charge in [0.05, 0.1) is 5.56 Å². The Morgan fingerprint density at radius 3 is 1.92 bits per heavy atom. The predicted octanol–water partition coefficient (Wildman–Crippen LogP) is 10.9. The largest absolute Gasteiger partial charge is 0.485 e. The van der Waals surface area contributed by atoms with Gasteiger partial charge in [0.1, 0.15) is 23.0 Å². The van der Waals surface area contributed by atoms with Crippen LogP contribution in [-0.2, 0) is 0 Å². The Labute approximate surface area is 288 Å². The summed E-state index contributed by atoms with van der Waals surface area (Å²) in [6, 6.07) is 49.7. The SMILES string of the molecule is C1=CC2c3c(cccc3-c3nc(-c4ccccc4)nc(-c4cccc5c4oc4ccccc45)n3)OC2C=C1c1ccc(-c2ccccc2)cc1. The second-order valence-corrected chi connectivity index (χ2v) is 12.7. The van der Waals surface area contributed by atoms with Crippen molar-refractivity contribution in [3.63, 3.8) is 0 Å².